The lowest BCUT2D eigenvalue weighted by atomic mass is 10.3. The van der Waals surface area contributed by atoms with Crippen LogP contribution in [0.2, 0.25) is 5.02 Å². The van der Waals surface area contributed by atoms with Crippen LogP contribution < -0.4 is 5.32 Å². The van der Waals surface area contributed by atoms with E-state index in [1.165, 1.54) is 11.8 Å². The standard InChI is InChI=1S/C17H15ClN4OS2/c1-11-19-17(22-21-11)24-10-16(23)20-14-4-2-3-5-15(14)25-13-8-6-12(18)7-9-13/h2-9H,10H2,1H3,(H,20,23)(H,19,21,22). The molecule has 25 heavy (non-hydrogen) atoms. The van der Waals surface area contributed by atoms with Gasteiger partial charge in [0.1, 0.15) is 5.82 Å². The number of nitrogens with zero attached hydrogens (tertiary/aromatic N) is 2. The predicted octanol–water partition coefficient (Wildman–Crippen LogP) is 4.65. The van der Waals surface area contributed by atoms with E-state index >= 15 is 0 Å². The van der Waals surface area contributed by atoms with E-state index < -0.39 is 0 Å². The highest BCUT2D eigenvalue weighted by atomic mass is 35.5. The minimum absolute atomic E-state index is 0.100. The molecule has 0 fully saturated rings. The van der Waals surface area contributed by atoms with Crippen molar-refractivity contribution in [2.75, 3.05) is 11.1 Å². The Hall–Kier alpha value is -1.96. The first-order valence-corrected chi connectivity index (χ1v) is 9.62. The Balaban J connectivity index is 1.63. The molecule has 0 aliphatic rings. The van der Waals surface area contributed by atoms with Crippen LogP contribution in [0.15, 0.2) is 63.5 Å². The number of nitrogens with one attached hydrogen (secondary N) is 2. The number of rotatable bonds is 6. The van der Waals surface area contributed by atoms with Crippen LogP contribution in [0.3, 0.4) is 0 Å². The number of carbonyl (C=O) groups is 1. The molecule has 0 bridgehead atoms. The lowest BCUT2D eigenvalue weighted by molar-refractivity contribution is -0.113. The van der Waals surface area contributed by atoms with Crippen molar-refractivity contribution in [3.63, 3.8) is 0 Å². The van der Waals surface area contributed by atoms with Gasteiger partial charge in [0.05, 0.1) is 11.4 Å². The van der Waals surface area contributed by atoms with Crippen molar-refractivity contribution in [2.45, 2.75) is 21.9 Å². The molecule has 3 rings (SSSR count). The maximum absolute atomic E-state index is 12.2. The van der Waals surface area contributed by atoms with E-state index in [9.17, 15) is 4.79 Å². The Bertz CT molecular complexity index is 867. The van der Waals surface area contributed by atoms with E-state index in [2.05, 4.69) is 20.5 Å². The van der Waals surface area contributed by atoms with Gasteiger partial charge in [-0.15, -0.1) is 5.10 Å². The van der Waals surface area contributed by atoms with Crippen LogP contribution in [-0.4, -0.2) is 26.8 Å². The zero-order chi connectivity index (χ0) is 17.6. The molecule has 2 aromatic carbocycles. The molecular weight excluding hydrogens is 376 g/mol. The van der Waals surface area contributed by atoms with Crippen LogP contribution in [-0.2, 0) is 4.79 Å². The van der Waals surface area contributed by atoms with Crippen molar-refractivity contribution in [3.05, 3.63) is 59.4 Å². The summed E-state index contributed by atoms with van der Waals surface area (Å²) in [4.78, 5) is 18.4. The molecule has 0 spiro atoms. The number of aromatic amines is 1. The van der Waals surface area contributed by atoms with Crippen LogP contribution in [0, 0.1) is 6.92 Å². The van der Waals surface area contributed by atoms with Crippen LogP contribution >= 0.6 is 35.1 Å². The molecule has 0 saturated heterocycles. The number of anilines is 1. The van der Waals surface area contributed by atoms with Crippen molar-refractivity contribution in [1.29, 1.82) is 0 Å². The van der Waals surface area contributed by atoms with Gasteiger partial charge in [0.15, 0.2) is 0 Å². The minimum atomic E-state index is -0.100. The summed E-state index contributed by atoms with van der Waals surface area (Å²) in [5, 5.41) is 11.0. The summed E-state index contributed by atoms with van der Waals surface area (Å²) < 4.78 is 0. The number of carbonyl (C=O) groups excluding carboxylic acids is 1. The van der Waals surface area contributed by atoms with Gasteiger partial charge in [0.2, 0.25) is 11.1 Å². The fraction of sp³-hybridized carbons (Fsp3) is 0.118. The average molecular weight is 391 g/mol. The molecule has 0 atom stereocenters. The molecule has 2 N–H and O–H groups in total. The second-order valence-corrected chi connectivity index (χ2v) is 7.59. The number of amides is 1. The summed E-state index contributed by atoms with van der Waals surface area (Å²) in [5.41, 5.74) is 0.777. The van der Waals surface area contributed by atoms with Crippen LogP contribution in [0.4, 0.5) is 5.69 Å². The second-order valence-electron chi connectivity index (χ2n) is 5.09. The number of benzene rings is 2. The SMILES string of the molecule is Cc1nc(SCC(=O)Nc2ccccc2Sc2ccc(Cl)cc2)n[nH]1. The molecule has 1 amide bonds. The quantitative estimate of drug-likeness (QED) is 0.599. The van der Waals surface area contributed by atoms with Gasteiger partial charge < -0.3 is 5.32 Å². The van der Waals surface area contributed by atoms with E-state index in [4.69, 9.17) is 11.6 Å². The molecule has 0 unspecified atom stereocenters. The van der Waals surface area contributed by atoms with E-state index in [0.717, 1.165) is 21.3 Å². The molecule has 8 heteroatoms. The summed E-state index contributed by atoms with van der Waals surface area (Å²) in [6.07, 6.45) is 0. The van der Waals surface area contributed by atoms with Crippen LogP contribution in [0.25, 0.3) is 0 Å². The van der Waals surface area contributed by atoms with Gasteiger partial charge in [-0.25, -0.2) is 4.98 Å². The number of hydrogen-bond acceptors (Lipinski definition) is 5. The number of para-hydroxylation sites is 1. The first-order chi connectivity index (χ1) is 12.1. The summed E-state index contributed by atoms with van der Waals surface area (Å²) in [7, 11) is 0. The first kappa shape index (κ1) is 17.8. The van der Waals surface area contributed by atoms with Crippen molar-refractivity contribution in [1.82, 2.24) is 15.2 Å². The zero-order valence-electron chi connectivity index (χ0n) is 13.3. The fourth-order valence-corrected chi connectivity index (χ4v) is 3.66. The molecule has 0 saturated carbocycles. The largest absolute Gasteiger partial charge is 0.324 e. The lowest BCUT2D eigenvalue weighted by Gasteiger charge is -2.10. The van der Waals surface area contributed by atoms with Crippen molar-refractivity contribution < 1.29 is 4.79 Å². The number of halogens is 1. The van der Waals surface area contributed by atoms with Crippen molar-refractivity contribution >= 4 is 46.7 Å². The molecule has 1 aromatic heterocycles. The third-order valence-corrected chi connectivity index (χ3v) is 5.29. The van der Waals surface area contributed by atoms with Gasteiger partial charge in [-0.05, 0) is 43.3 Å². The molecule has 3 aromatic rings. The molecule has 5 nitrogen and oxygen atoms in total. The highest BCUT2D eigenvalue weighted by Gasteiger charge is 2.10. The number of thioether (sulfide) groups is 1. The topological polar surface area (TPSA) is 70.7 Å². The smallest absolute Gasteiger partial charge is 0.234 e. The molecule has 0 aliphatic heterocycles. The van der Waals surface area contributed by atoms with Crippen molar-refractivity contribution in [2.24, 2.45) is 0 Å². The fourth-order valence-electron chi connectivity index (χ4n) is 1.99. The monoisotopic (exact) mass is 390 g/mol. The maximum Gasteiger partial charge on any atom is 0.234 e. The van der Waals surface area contributed by atoms with Crippen molar-refractivity contribution in [3.8, 4) is 0 Å². The summed E-state index contributed by atoms with van der Waals surface area (Å²) >= 11 is 8.79. The Morgan fingerprint density at radius 1 is 1.20 bits per heavy atom. The number of aromatic nitrogens is 3. The number of hydrogen-bond donors (Lipinski definition) is 2. The average Bonchev–Trinajstić information content (AvgIpc) is 3.02. The summed E-state index contributed by atoms with van der Waals surface area (Å²) in [6.45, 7) is 1.82. The highest BCUT2D eigenvalue weighted by Crippen LogP contribution is 2.34. The number of aryl methyl sites for hydroxylation is 1. The Kier molecular flexibility index (Phi) is 6.01. The predicted molar refractivity (Wildman–Crippen MR) is 102 cm³/mol. The van der Waals surface area contributed by atoms with Gasteiger partial charge in [-0.1, -0.05) is 47.3 Å². The van der Waals surface area contributed by atoms with Gasteiger partial charge in [-0.3, -0.25) is 9.89 Å². The van der Waals surface area contributed by atoms with Gasteiger partial charge in [-0.2, -0.15) is 0 Å². The third-order valence-electron chi connectivity index (χ3n) is 3.11. The second kappa shape index (κ2) is 8.42. The van der Waals surface area contributed by atoms with Gasteiger partial charge >= 0.3 is 0 Å². The zero-order valence-corrected chi connectivity index (χ0v) is 15.7. The maximum atomic E-state index is 12.2. The van der Waals surface area contributed by atoms with E-state index in [1.54, 1.807) is 11.8 Å². The van der Waals surface area contributed by atoms with E-state index in [0.29, 0.717) is 10.2 Å². The lowest BCUT2D eigenvalue weighted by Crippen LogP contribution is -2.14. The Morgan fingerprint density at radius 3 is 2.68 bits per heavy atom. The van der Waals surface area contributed by atoms with Crippen LogP contribution in [0.5, 0.6) is 0 Å². The Labute approximate surface area is 159 Å². The summed E-state index contributed by atoms with van der Waals surface area (Å²) in [6, 6.07) is 15.3. The normalized spacial score (nSPS) is 10.6. The number of H-pyrrole nitrogens is 1. The van der Waals surface area contributed by atoms with Crippen LogP contribution in [0.1, 0.15) is 5.82 Å². The van der Waals surface area contributed by atoms with E-state index in [1.807, 2.05) is 55.5 Å². The molecule has 0 radical (unpaired) electrons. The van der Waals surface area contributed by atoms with Gasteiger partial charge in [0, 0.05) is 14.8 Å². The molecular formula is C17H15ClN4OS2. The molecule has 0 aliphatic carbocycles. The highest BCUT2D eigenvalue weighted by molar-refractivity contribution is 8.00. The minimum Gasteiger partial charge on any atom is -0.324 e. The van der Waals surface area contributed by atoms with E-state index in [-0.39, 0.29) is 11.7 Å². The Morgan fingerprint density at radius 2 is 1.96 bits per heavy atom. The van der Waals surface area contributed by atoms with Gasteiger partial charge in [0.25, 0.3) is 0 Å². The molecule has 1 heterocycles. The summed E-state index contributed by atoms with van der Waals surface area (Å²) in [5.74, 6) is 0.876. The molecule has 128 valence electrons. The third kappa shape index (κ3) is 5.26. The first-order valence-electron chi connectivity index (χ1n) is 7.44.